The molecule has 2 N–H and O–H groups in total. The van der Waals surface area contributed by atoms with Crippen LogP contribution in [-0.2, 0) is 22.3 Å². The number of hydrogen-bond acceptors (Lipinski definition) is 5. The molecular formula is C31H31F3N4O3. The van der Waals surface area contributed by atoms with Gasteiger partial charge in [-0.15, -0.1) is 0 Å². The minimum Gasteiger partial charge on any atom is -0.496 e. The van der Waals surface area contributed by atoms with Crippen LogP contribution in [0, 0.1) is 11.3 Å². The van der Waals surface area contributed by atoms with Gasteiger partial charge in [-0.3, -0.25) is 9.59 Å². The maximum atomic E-state index is 13.9. The first-order valence-corrected chi connectivity index (χ1v) is 13.2. The van der Waals surface area contributed by atoms with Crippen LogP contribution in [0.2, 0.25) is 0 Å². The van der Waals surface area contributed by atoms with Crippen LogP contribution in [0.4, 0.5) is 13.2 Å². The number of ether oxygens (including phenoxy) is 1. The number of amides is 2. The number of methoxy groups -OCH3 is 1. The van der Waals surface area contributed by atoms with Crippen molar-refractivity contribution in [2.45, 2.75) is 38.0 Å². The fourth-order valence-corrected chi connectivity index (χ4v) is 5.20. The van der Waals surface area contributed by atoms with Crippen LogP contribution in [0.5, 0.6) is 5.75 Å². The number of hydrogen-bond donors (Lipinski definition) is 2. The van der Waals surface area contributed by atoms with E-state index in [4.69, 9.17) is 10.00 Å². The lowest BCUT2D eigenvalue weighted by Gasteiger charge is -2.39. The zero-order valence-corrected chi connectivity index (χ0v) is 22.8. The molecule has 2 amide bonds. The molecule has 1 fully saturated rings. The first kappa shape index (κ1) is 29.6. The number of alkyl halides is 3. The van der Waals surface area contributed by atoms with Crippen LogP contribution in [0.3, 0.4) is 0 Å². The molecule has 2 atom stereocenters. The number of carbonyl (C=O) groups is 2. The highest BCUT2D eigenvalue weighted by molar-refractivity contribution is 5.83. The number of nitrogens with one attached hydrogen (secondary N) is 2. The molecule has 1 heterocycles. The van der Waals surface area contributed by atoms with E-state index in [1.54, 1.807) is 29.2 Å². The standard InChI is InChI=1S/C31H31F3N4O3/c1-20(39)36-18-30(40)38-13-12-28(26(19-38)22-6-4-3-5-7-22)37-17-24-15-23(9-11-29(24)41-2)25-10-8-21(16-35)14-27(25)31(32,33)34/h3-11,14-15,26,28,37H,12-13,17-19H2,1-2H3,(H,36,39)/t26-,28-/m0/s1. The number of nitrogens with zero attached hydrogens (tertiary/aromatic N) is 2. The van der Waals surface area contributed by atoms with Gasteiger partial charge in [-0.25, -0.2) is 0 Å². The molecule has 1 aliphatic rings. The number of piperidine rings is 1. The van der Waals surface area contributed by atoms with Crippen LogP contribution in [-0.4, -0.2) is 49.5 Å². The highest BCUT2D eigenvalue weighted by Crippen LogP contribution is 2.39. The van der Waals surface area contributed by atoms with E-state index in [1.807, 2.05) is 30.3 Å². The van der Waals surface area contributed by atoms with Gasteiger partial charge in [0.2, 0.25) is 11.8 Å². The Bertz CT molecular complexity index is 1440. The Morgan fingerprint density at radius 1 is 1.10 bits per heavy atom. The Kier molecular flexibility index (Phi) is 9.30. The highest BCUT2D eigenvalue weighted by atomic mass is 19.4. The van der Waals surface area contributed by atoms with Crippen molar-refractivity contribution in [3.05, 3.63) is 89.0 Å². The summed E-state index contributed by atoms with van der Waals surface area (Å²) in [5.41, 5.74) is 1.13. The quantitative estimate of drug-likeness (QED) is 0.408. The minimum absolute atomic E-state index is 0.0199. The van der Waals surface area contributed by atoms with Crippen molar-refractivity contribution in [2.75, 3.05) is 26.7 Å². The van der Waals surface area contributed by atoms with Crippen molar-refractivity contribution in [3.8, 4) is 22.9 Å². The summed E-state index contributed by atoms with van der Waals surface area (Å²) in [6.45, 7) is 2.58. The molecule has 0 saturated carbocycles. The summed E-state index contributed by atoms with van der Waals surface area (Å²) in [4.78, 5) is 25.8. The molecule has 0 aliphatic carbocycles. The van der Waals surface area contributed by atoms with E-state index < -0.39 is 11.7 Å². The molecule has 10 heteroatoms. The van der Waals surface area contributed by atoms with Crippen LogP contribution in [0.15, 0.2) is 66.7 Å². The second-order valence-electron chi connectivity index (χ2n) is 9.94. The van der Waals surface area contributed by atoms with Crippen molar-refractivity contribution in [1.82, 2.24) is 15.5 Å². The van der Waals surface area contributed by atoms with Crippen LogP contribution in [0.25, 0.3) is 11.1 Å². The monoisotopic (exact) mass is 564 g/mol. The van der Waals surface area contributed by atoms with Gasteiger partial charge in [0, 0.05) is 44.1 Å². The zero-order valence-electron chi connectivity index (χ0n) is 22.8. The third kappa shape index (κ3) is 7.24. The average molecular weight is 565 g/mol. The van der Waals surface area contributed by atoms with E-state index in [-0.39, 0.29) is 41.4 Å². The predicted molar refractivity (Wildman–Crippen MR) is 148 cm³/mol. The fourth-order valence-electron chi connectivity index (χ4n) is 5.20. The topological polar surface area (TPSA) is 94.5 Å². The molecule has 0 aromatic heterocycles. The van der Waals surface area contributed by atoms with Crippen molar-refractivity contribution in [3.63, 3.8) is 0 Å². The third-order valence-electron chi connectivity index (χ3n) is 7.28. The fraction of sp³-hybridized carbons (Fsp3) is 0.323. The predicted octanol–water partition coefficient (Wildman–Crippen LogP) is 4.86. The van der Waals surface area contributed by atoms with Gasteiger partial charge < -0.3 is 20.3 Å². The Morgan fingerprint density at radius 3 is 2.51 bits per heavy atom. The highest BCUT2D eigenvalue weighted by Gasteiger charge is 2.35. The molecule has 0 bridgehead atoms. The Morgan fingerprint density at radius 2 is 1.85 bits per heavy atom. The first-order valence-electron chi connectivity index (χ1n) is 13.2. The Hall–Kier alpha value is -4.36. The smallest absolute Gasteiger partial charge is 0.417 e. The van der Waals surface area contributed by atoms with E-state index in [0.717, 1.165) is 11.6 Å². The molecule has 1 aliphatic heterocycles. The molecule has 0 unspecified atom stereocenters. The third-order valence-corrected chi connectivity index (χ3v) is 7.28. The lowest BCUT2D eigenvalue weighted by Crippen LogP contribution is -2.51. The molecule has 7 nitrogen and oxygen atoms in total. The van der Waals surface area contributed by atoms with Gasteiger partial charge in [0.05, 0.1) is 30.9 Å². The number of likely N-dealkylation sites (tertiary alicyclic amines) is 1. The normalized spacial score (nSPS) is 17.0. The van der Waals surface area contributed by atoms with Crippen LogP contribution < -0.4 is 15.4 Å². The maximum Gasteiger partial charge on any atom is 0.417 e. The zero-order chi connectivity index (χ0) is 29.6. The van der Waals surface area contributed by atoms with Gasteiger partial charge in [-0.05, 0) is 47.4 Å². The molecule has 4 rings (SSSR count). The first-order chi connectivity index (χ1) is 19.6. The minimum atomic E-state index is -4.63. The molecule has 41 heavy (non-hydrogen) atoms. The van der Waals surface area contributed by atoms with E-state index >= 15 is 0 Å². The van der Waals surface area contributed by atoms with E-state index in [1.165, 1.54) is 26.2 Å². The van der Waals surface area contributed by atoms with Crippen LogP contribution in [0.1, 0.15) is 41.5 Å². The number of benzene rings is 3. The Labute approximate surface area is 236 Å². The lowest BCUT2D eigenvalue weighted by molar-refractivity contribution is -0.137. The van der Waals surface area contributed by atoms with Gasteiger partial charge in [0.1, 0.15) is 5.75 Å². The molecule has 0 spiro atoms. The second kappa shape index (κ2) is 12.9. The summed E-state index contributed by atoms with van der Waals surface area (Å²) < 4.78 is 47.1. The number of halogens is 3. The van der Waals surface area contributed by atoms with Crippen LogP contribution >= 0.6 is 0 Å². The van der Waals surface area contributed by atoms with Crippen molar-refractivity contribution >= 4 is 11.8 Å². The van der Waals surface area contributed by atoms with Crippen molar-refractivity contribution in [1.29, 1.82) is 5.26 Å². The maximum absolute atomic E-state index is 13.9. The summed E-state index contributed by atoms with van der Waals surface area (Å²) in [5, 5.41) is 15.2. The number of nitriles is 1. The average Bonchev–Trinajstić information content (AvgIpc) is 2.98. The second-order valence-corrected chi connectivity index (χ2v) is 9.94. The summed E-state index contributed by atoms with van der Waals surface area (Å²) >= 11 is 0. The molecule has 1 saturated heterocycles. The van der Waals surface area contributed by atoms with Gasteiger partial charge in [0.25, 0.3) is 0 Å². The summed E-state index contributed by atoms with van der Waals surface area (Å²) in [5.74, 6) is 0.0595. The lowest BCUT2D eigenvalue weighted by atomic mass is 9.85. The molecule has 3 aromatic rings. The molecular weight excluding hydrogens is 533 g/mol. The Balaban J connectivity index is 1.58. The van der Waals surface area contributed by atoms with Gasteiger partial charge in [0.15, 0.2) is 0 Å². The molecule has 3 aromatic carbocycles. The van der Waals surface area contributed by atoms with Gasteiger partial charge >= 0.3 is 6.18 Å². The van der Waals surface area contributed by atoms with E-state index in [0.29, 0.717) is 42.9 Å². The summed E-state index contributed by atoms with van der Waals surface area (Å²) in [6.07, 6.45) is -3.99. The largest absolute Gasteiger partial charge is 0.496 e. The molecule has 0 radical (unpaired) electrons. The van der Waals surface area contributed by atoms with E-state index in [9.17, 15) is 22.8 Å². The molecule has 214 valence electrons. The van der Waals surface area contributed by atoms with Crippen molar-refractivity contribution in [2.24, 2.45) is 0 Å². The number of carbonyl (C=O) groups excluding carboxylic acids is 2. The van der Waals surface area contributed by atoms with E-state index in [2.05, 4.69) is 10.6 Å². The summed E-state index contributed by atoms with van der Waals surface area (Å²) in [7, 11) is 1.51. The SMILES string of the molecule is COc1ccc(-c2ccc(C#N)cc2C(F)(F)F)cc1CN[C@H]1CCN(C(=O)CNC(C)=O)C[C@H]1c1ccccc1. The van der Waals surface area contributed by atoms with Gasteiger partial charge in [-0.1, -0.05) is 42.5 Å². The number of rotatable bonds is 8. The van der Waals surface area contributed by atoms with Crippen molar-refractivity contribution < 1.29 is 27.5 Å². The van der Waals surface area contributed by atoms with Gasteiger partial charge in [-0.2, -0.15) is 18.4 Å². The summed E-state index contributed by atoms with van der Waals surface area (Å²) in [6, 6.07) is 20.0.